The van der Waals surface area contributed by atoms with E-state index >= 15 is 0 Å². The zero-order valence-corrected chi connectivity index (χ0v) is 18.2. The second-order valence-corrected chi connectivity index (χ2v) is 7.50. The zero-order valence-electron chi connectivity index (χ0n) is 16.6. The van der Waals surface area contributed by atoms with Gasteiger partial charge in [-0.25, -0.2) is 0 Å². The number of ketones is 1. The topological polar surface area (TPSA) is 84.5 Å². The Morgan fingerprint density at radius 3 is 2.38 bits per heavy atom. The van der Waals surface area contributed by atoms with Crippen molar-refractivity contribution in [3.8, 4) is 5.75 Å². The molecule has 7 heteroatoms. The molecule has 2 rings (SSSR count). The van der Waals surface area contributed by atoms with E-state index in [1.165, 1.54) is 0 Å². The van der Waals surface area contributed by atoms with E-state index in [1.54, 1.807) is 30.3 Å². The van der Waals surface area contributed by atoms with Crippen molar-refractivity contribution >= 4 is 39.2 Å². The monoisotopic (exact) mass is 460 g/mol. The van der Waals surface area contributed by atoms with Crippen LogP contribution in [-0.4, -0.2) is 30.7 Å². The predicted molar refractivity (Wildman–Crippen MR) is 116 cm³/mol. The maximum Gasteiger partial charge on any atom is 0.243 e. The molecule has 0 spiro atoms. The van der Waals surface area contributed by atoms with Crippen LogP contribution in [-0.2, 0) is 9.59 Å². The number of amides is 2. The van der Waals surface area contributed by atoms with Crippen LogP contribution in [0.4, 0.5) is 5.69 Å². The molecule has 0 aliphatic carbocycles. The molecule has 0 aliphatic heterocycles. The molecule has 0 fully saturated rings. The summed E-state index contributed by atoms with van der Waals surface area (Å²) in [5.74, 6) is -0.0769. The molecule has 0 bridgehead atoms. The number of aryl methyl sites for hydroxylation is 1. The number of ether oxygens (including phenoxy) is 1. The van der Waals surface area contributed by atoms with Crippen LogP contribution in [0.25, 0.3) is 0 Å². The standard InChI is InChI=1S/C22H25BrN2O4/c1-3-12-29-18-7-4-16(5-8-18)20(26)10-11-21(27)24-14-22(28)25-19-9-6-17(23)13-15(19)2/h4-9,13H,3,10-12,14H2,1-2H3,(H,24,27)(H,25,28). The Kier molecular flexibility index (Phi) is 8.86. The molecule has 2 aromatic carbocycles. The van der Waals surface area contributed by atoms with Gasteiger partial charge in [0.2, 0.25) is 11.8 Å². The lowest BCUT2D eigenvalue weighted by Crippen LogP contribution is -2.33. The van der Waals surface area contributed by atoms with Gasteiger partial charge in [-0.05, 0) is 61.4 Å². The number of carbonyl (C=O) groups excluding carboxylic acids is 3. The van der Waals surface area contributed by atoms with Gasteiger partial charge in [-0.1, -0.05) is 22.9 Å². The highest BCUT2D eigenvalue weighted by Crippen LogP contribution is 2.19. The molecule has 154 valence electrons. The summed E-state index contributed by atoms with van der Waals surface area (Å²) in [7, 11) is 0. The first kappa shape index (κ1) is 22.6. The van der Waals surface area contributed by atoms with Gasteiger partial charge in [0.25, 0.3) is 0 Å². The third-order valence-electron chi connectivity index (χ3n) is 4.14. The summed E-state index contributed by atoms with van der Waals surface area (Å²) in [5.41, 5.74) is 2.13. The molecule has 2 amide bonds. The van der Waals surface area contributed by atoms with E-state index in [2.05, 4.69) is 26.6 Å². The molecule has 29 heavy (non-hydrogen) atoms. The Balaban J connectivity index is 1.73. The van der Waals surface area contributed by atoms with Gasteiger partial charge in [0.1, 0.15) is 5.75 Å². The lowest BCUT2D eigenvalue weighted by atomic mass is 10.1. The van der Waals surface area contributed by atoms with Gasteiger partial charge >= 0.3 is 0 Å². The molecule has 0 radical (unpaired) electrons. The summed E-state index contributed by atoms with van der Waals surface area (Å²) in [6.45, 7) is 4.38. The Morgan fingerprint density at radius 2 is 1.72 bits per heavy atom. The largest absolute Gasteiger partial charge is 0.494 e. The van der Waals surface area contributed by atoms with Crippen molar-refractivity contribution in [3.63, 3.8) is 0 Å². The van der Waals surface area contributed by atoms with Gasteiger partial charge in [0.05, 0.1) is 13.2 Å². The van der Waals surface area contributed by atoms with E-state index in [0.29, 0.717) is 23.6 Å². The number of anilines is 1. The van der Waals surface area contributed by atoms with Crippen LogP contribution in [0.15, 0.2) is 46.9 Å². The highest BCUT2D eigenvalue weighted by Gasteiger charge is 2.11. The van der Waals surface area contributed by atoms with Gasteiger partial charge in [0, 0.05) is 28.6 Å². The van der Waals surface area contributed by atoms with Crippen molar-refractivity contribution in [2.75, 3.05) is 18.5 Å². The first-order valence-corrected chi connectivity index (χ1v) is 10.3. The highest BCUT2D eigenvalue weighted by molar-refractivity contribution is 9.10. The predicted octanol–water partition coefficient (Wildman–Crippen LogP) is 4.26. The van der Waals surface area contributed by atoms with Crippen LogP contribution in [0.3, 0.4) is 0 Å². The van der Waals surface area contributed by atoms with Crippen LogP contribution in [0.1, 0.15) is 42.1 Å². The van der Waals surface area contributed by atoms with Crippen molar-refractivity contribution in [2.24, 2.45) is 0 Å². The van der Waals surface area contributed by atoms with Crippen molar-refractivity contribution in [1.29, 1.82) is 0 Å². The molecule has 0 aromatic heterocycles. The van der Waals surface area contributed by atoms with E-state index in [1.807, 2.05) is 26.0 Å². The van der Waals surface area contributed by atoms with E-state index in [4.69, 9.17) is 4.74 Å². The number of hydrogen-bond donors (Lipinski definition) is 2. The van der Waals surface area contributed by atoms with Crippen LogP contribution in [0.5, 0.6) is 5.75 Å². The van der Waals surface area contributed by atoms with Gasteiger partial charge in [0.15, 0.2) is 5.78 Å². The molecule has 6 nitrogen and oxygen atoms in total. The average Bonchev–Trinajstić information content (AvgIpc) is 2.71. The number of carbonyl (C=O) groups is 3. The van der Waals surface area contributed by atoms with Gasteiger partial charge in [-0.3, -0.25) is 14.4 Å². The number of rotatable bonds is 10. The van der Waals surface area contributed by atoms with Crippen molar-refractivity contribution in [2.45, 2.75) is 33.1 Å². The fourth-order valence-electron chi connectivity index (χ4n) is 2.56. The molecular formula is C22H25BrN2O4. The fraction of sp³-hybridized carbons (Fsp3) is 0.318. The summed E-state index contributed by atoms with van der Waals surface area (Å²) in [6.07, 6.45) is 1.02. The number of benzene rings is 2. The minimum absolute atomic E-state index is 0.0253. The Hall–Kier alpha value is -2.67. The number of halogens is 1. The third-order valence-corrected chi connectivity index (χ3v) is 4.63. The second kappa shape index (κ2) is 11.4. The summed E-state index contributed by atoms with van der Waals surface area (Å²) in [6, 6.07) is 12.4. The molecule has 2 aromatic rings. The Morgan fingerprint density at radius 1 is 1.00 bits per heavy atom. The minimum atomic E-state index is -0.344. The molecule has 0 heterocycles. The maximum absolute atomic E-state index is 12.2. The minimum Gasteiger partial charge on any atom is -0.494 e. The van der Waals surface area contributed by atoms with E-state index in [9.17, 15) is 14.4 Å². The summed E-state index contributed by atoms with van der Waals surface area (Å²) in [5, 5.41) is 5.29. The molecule has 0 saturated heterocycles. The van der Waals surface area contributed by atoms with Crippen LogP contribution < -0.4 is 15.4 Å². The van der Waals surface area contributed by atoms with Crippen molar-refractivity contribution < 1.29 is 19.1 Å². The van der Waals surface area contributed by atoms with E-state index in [0.717, 1.165) is 16.5 Å². The van der Waals surface area contributed by atoms with E-state index in [-0.39, 0.29) is 37.0 Å². The van der Waals surface area contributed by atoms with Crippen molar-refractivity contribution in [3.05, 3.63) is 58.1 Å². The maximum atomic E-state index is 12.2. The third kappa shape index (κ3) is 7.69. The number of nitrogens with one attached hydrogen (secondary N) is 2. The average molecular weight is 461 g/mol. The normalized spacial score (nSPS) is 10.3. The Labute approximate surface area is 179 Å². The van der Waals surface area contributed by atoms with Gasteiger partial charge < -0.3 is 15.4 Å². The molecule has 0 saturated carbocycles. The fourth-order valence-corrected chi connectivity index (χ4v) is 3.03. The lowest BCUT2D eigenvalue weighted by molar-refractivity contribution is -0.124. The molecule has 0 aliphatic rings. The van der Waals surface area contributed by atoms with Gasteiger partial charge in [-0.2, -0.15) is 0 Å². The molecule has 0 atom stereocenters. The van der Waals surface area contributed by atoms with Crippen LogP contribution >= 0.6 is 15.9 Å². The van der Waals surface area contributed by atoms with Crippen molar-refractivity contribution in [1.82, 2.24) is 5.32 Å². The van der Waals surface area contributed by atoms with E-state index < -0.39 is 0 Å². The Bertz CT molecular complexity index is 866. The zero-order chi connectivity index (χ0) is 21.2. The first-order valence-electron chi connectivity index (χ1n) is 9.47. The first-order chi connectivity index (χ1) is 13.9. The number of Topliss-reactive ketones (excluding diaryl/α,β-unsaturated/α-hetero) is 1. The molecule has 0 unspecified atom stereocenters. The summed E-state index contributed by atoms with van der Waals surface area (Å²) in [4.78, 5) is 36.2. The summed E-state index contributed by atoms with van der Waals surface area (Å²) >= 11 is 3.37. The summed E-state index contributed by atoms with van der Waals surface area (Å²) < 4.78 is 6.41. The molecular weight excluding hydrogens is 436 g/mol. The lowest BCUT2D eigenvalue weighted by Gasteiger charge is -2.10. The second-order valence-electron chi connectivity index (χ2n) is 6.58. The SMILES string of the molecule is CCCOc1ccc(C(=O)CCC(=O)NCC(=O)Nc2ccc(Br)cc2C)cc1. The quantitative estimate of drug-likeness (QED) is 0.518. The highest BCUT2D eigenvalue weighted by atomic mass is 79.9. The van der Waals surface area contributed by atoms with Crippen LogP contribution in [0.2, 0.25) is 0 Å². The smallest absolute Gasteiger partial charge is 0.243 e. The number of hydrogen-bond acceptors (Lipinski definition) is 4. The van der Waals surface area contributed by atoms with Crippen LogP contribution in [0, 0.1) is 6.92 Å². The molecule has 2 N–H and O–H groups in total. The van der Waals surface area contributed by atoms with Gasteiger partial charge in [-0.15, -0.1) is 0 Å².